The van der Waals surface area contributed by atoms with Gasteiger partial charge in [-0.3, -0.25) is 0 Å². The molecule has 0 saturated heterocycles. The van der Waals surface area contributed by atoms with Crippen LogP contribution in [-0.4, -0.2) is 0 Å². The maximum absolute atomic E-state index is 7.39. The monoisotopic (exact) mass is 953 g/mol. The summed E-state index contributed by atoms with van der Waals surface area (Å²) in [6.45, 7) is 4.76. The van der Waals surface area contributed by atoms with Gasteiger partial charge in [0, 0.05) is 44.1 Å². The van der Waals surface area contributed by atoms with E-state index in [1.807, 2.05) is 0 Å². The molecule has 2 heteroatoms. The molecule has 0 amide bonds. The fraction of sp³-hybridized carbons (Fsp3) is 0.0685. The van der Waals surface area contributed by atoms with Gasteiger partial charge in [-0.25, -0.2) is 0 Å². The van der Waals surface area contributed by atoms with Gasteiger partial charge in [-0.15, -0.1) is 0 Å². The Hall–Kier alpha value is -9.24. The van der Waals surface area contributed by atoms with Gasteiger partial charge in [0.2, 0.25) is 0 Å². The van der Waals surface area contributed by atoms with Crippen LogP contribution in [0.5, 0.6) is 11.5 Å². The van der Waals surface area contributed by atoms with Crippen molar-refractivity contribution < 1.29 is 4.74 Å². The summed E-state index contributed by atoms with van der Waals surface area (Å²) in [7, 11) is 0. The lowest BCUT2D eigenvalue weighted by Gasteiger charge is -2.40. The lowest BCUT2D eigenvalue weighted by Crippen LogP contribution is -2.32. The average molecular weight is 954 g/mol. The van der Waals surface area contributed by atoms with Crippen LogP contribution in [0.15, 0.2) is 249 Å². The third kappa shape index (κ3) is 4.96. The van der Waals surface area contributed by atoms with E-state index >= 15 is 0 Å². The van der Waals surface area contributed by atoms with Gasteiger partial charge < -0.3 is 9.64 Å². The highest BCUT2D eigenvalue weighted by molar-refractivity contribution is 6.07. The Labute approximate surface area is 436 Å². The first-order chi connectivity index (χ1) is 37.0. The van der Waals surface area contributed by atoms with Gasteiger partial charge in [-0.05, 0) is 113 Å². The van der Waals surface area contributed by atoms with E-state index in [0.29, 0.717) is 0 Å². The molecule has 4 aliphatic carbocycles. The van der Waals surface area contributed by atoms with Gasteiger partial charge in [-0.2, -0.15) is 0 Å². The third-order valence-electron chi connectivity index (χ3n) is 18.1. The summed E-state index contributed by atoms with van der Waals surface area (Å²) >= 11 is 0. The molecule has 2 nitrogen and oxygen atoms in total. The molecule has 5 aliphatic rings. The summed E-state index contributed by atoms with van der Waals surface area (Å²) in [5, 5.41) is 4.54. The molecule has 75 heavy (non-hydrogen) atoms. The van der Waals surface area contributed by atoms with Crippen molar-refractivity contribution in [2.75, 3.05) is 4.90 Å². The number of benzene rings is 12. The van der Waals surface area contributed by atoms with E-state index < -0.39 is 10.8 Å². The second-order valence-corrected chi connectivity index (χ2v) is 21.7. The molecule has 0 bridgehead atoms. The number of ether oxygens (including phenoxy) is 1. The number of hydrogen-bond acceptors (Lipinski definition) is 2. The number of nitrogens with zero attached hydrogens (tertiary/aromatic N) is 1. The predicted octanol–water partition coefficient (Wildman–Crippen LogP) is 18.6. The molecule has 12 aromatic carbocycles. The number of fused-ring (bicyclic) bond motifs is 26. The van der Waals surface area contributed by atoms with E-state index in [4.69, 9.17) is 4.74 Å². The maximum atomic E-state index is 7.39. The second-order valence-electron chi connectivity index (χ2n) is 21.7. The van der Waals surface area contributed by atoms with Crippen molar-refractivity contribution >= 4 is 38.6 Å². The molecular formula is C73H47NO. The quantitative estimate of drug-likeness (QED) is 0.175. The van der Waals surface area contributed by atoms with Crippen LogP contribution in [0.25, 0.3) is 66.1 Å². The van der Waals surface area contributed by atoms with Gasteiger partial charge >= 0.3 is 0 Å². The zero-order valence-electron chi connectivity index (χ0n) is 41.5. The van der Waals surface area contributed by atoms with Gasteiger partial charge in [0.1, 0.15) is 11.5 Å². The molecule has 0 N–H and O–H groups in total. The van der Waals surface area contributed by atoms with E-state index in [9.17, 15) is 0 Å². The van der Waals surface area contributed by atoms with Gasteiger partial charge in [0.15, 0.2) is 0 Å². The lowest BCUT2D eigenvalue weighted by atomic mass is 9.65. The van der Waals surface area contributed by atoms with Gasteiger partial charge in [0.25, 0.3) is 0 Å². The highest BCUT2D eigenvalue weighted by Crippen LogP contribution is 2.68. The first-order valence-corrected chi connectivity index (χ1v) is 26.4. The molecular weight excluding hydrogens is 907 g/mol. The smallest absolute Gasteiger partial charge is 0.140 e. The topological polar surface area (TPSA) is 12.5 Å². The zero-order chi connectivity index (χ0) is 49.4. The molecule has 17 rings (SSSR count). The van der Waals surface area contributed by atoms with Crippen molar-refractivity contribution in [1.29, 1.82) is 0 Å². The Balaban J connectivity index is 1.01. The Morgan fingerprint density at radius 3 is 1.19 bits per heavy atom. The van der Waals surface area contributed by atoms with E-state index in [2.05, 4.69) is 267 Å². The Kier molecular flexibility index (Phi) is 7.97. The number of rotatable bonds is 3. The minimum atomic E-state index is -0.710. The first kappa shape index (κ1) is 41.3. The molecule has 350 valence electrons. The molecule has 0 fully saturated rings. The van der Waals surface area contributed by atoms with Crippen molar-refractivity contribution in [3.05, 3.63) is 304 Å². The molecule has 1 aliphatic heterocycles. The Morgan fingerprint density at radius 1 is 0.293 bits per heavy atom. The highest BCUT2D eigenvalue weighted by Gasteiger charge is 2.55. The minimum Gasteiger partial charge on any atom is -0.455 e. The van der Waals surface area contributed by atoms with Crippen molar-refractivity contribution in [2.24, 2.45) is 0 Å². The summed E-state index contributed by atoms with van der Waals surface area (Å²) in [5.41, 5.74) is 25.1. The molecule has 0 aromatic heterocycles. The fourth-order valence-corrected chi connectivity index (χ4v) is 15.2. The van der Waals surface area contributed by atoms with E-state index in [-0.39, 0.29) is 5.41 Å². The van der Waals surface area contributed by atoms with Crippen LogP contribution in [0.3, 0.4) is 0 Å². The third-order valence-corrected chi connectivity index (χ3v) is 18.1. The molecule has 2 spiro atoms. The van der Waals surface area contributed by atoms with E-state index in [0.717, 1.165) is 61.2 Å². The highest BCUT2D eigenvalue weighted by atomic mass is 16.5. The van der Waals surface area contributed by atoms with Crippen molar-refractivity contribution in [3.8, 4) is 56.0 Å². The Bertz CT molecular complexity index is 4380. The van der Waals surface area contributed by atoms with Crippen LogP contribution in [-0.2, 0) is 16.2 Å². The summed E-state index contributed by atoms with van der Waals surface area (Å²) in [5.74, 6) is 1.84. The van der Waals surface area contributed by atoms with Crippen molar-refractivity contribution in [2.45, 2.75) is 30.1 Å². The van der Waals surface area contributed by atoms with E-state index in [1.165, 1.54) is 89.0 Å². The van der Waals surface area contributed by atoms with Crippen LogP contribution in [0.4, 0.5) is 17.1 Å². The SMILES string of the molecule is CC1(C)c2ccccc2-c2cc(N(c3cccc4c3-c3ccccc3C43c4ccccc4-c4ccccc43)c3cccc4c3-c3ccccc3C43c4ccc5ccccc5c4Oc4c3ccc3ccccc43)ccc21. The molecule has 0 atom stereocenters. The fourth-order valence-electron chi connectivity index (χ4n) is 15.2. The molecule has 12 aromatic rings. The zero-order valence-corrected chi connectivity index (χ0v) is 41.5. The summed E-state index contributed by atoms with van der Waals surface area (Å²) < 4.78 is 7.39. The minimum absolute atomic E-state index is 0.143. The number of anilines is 3. The molecule has 0 saturated carbocycles. The normalized spacial score (nSPS) is 15.2. The van der Waals surface area contributed by atoms with Crippen molar-refractivity contribution in [1.82, 2.24) is 0 Å². The Morgan fingerprint density at radius 2 is 0.667 bits per heavy atom. The van der Waals surface area contributed by atoms with Crippen LogP contribution in [0.1, 0.15) is 69.5 Å². The maximum Gasteiger partial charge on any atom is 0.140 e. The molecule has 0 radical (unpaired) electrons. The van der Waals surface area contributed by atoms with Crippen LogP contribution in [0, 0.1) is 0 Å². The van der Waals surface area contributed by atoms with Gasteiger partial charge in [-0.1, -0.05) is 238 Å². The average Bonchev–Trinajstić information content (AvgIpc) is 4.33. The summed E-state index contributed by atoms with van der Waals surface area (Å²) in [6.07, 6.45) is 0. The predicted molar refractivity (Wildman–Crippen MR) is 307 cm³/mol. The summed E-state index contributed by atoms with van der Waals surface area (Å²) in [6, 6.07) is 94.0. The van der Waals surface area contributed by atoms with Crippen LogP contribution in [0.2, 0.25) is 0 Å². The van der Waals surface area contributed by atoms with Crippen LogP contribution >= 0.6 is 0 Å². The molecule has 1 heterocycles. The second kappa shape index (κ2) is 14.5. The van der Waals surface area contributed by atoms with Crippen LogP contribution < -0.4 is 9.64 Å². The van der Waals surface area contributed by atoms with Gasteiger partial charge in [0.05, 0.1) is 22.2 Å². The first-order valence-electron chi connectivity index (χ1n) is 26.4. The number of hydrogen-bond donors (Lipinski definition) is 0. The lowest BCUT2D eigenvalue weighted by molar-refractivity contribution is 0.447. The van der Waals surface area contributed by atoms with E-state index in [1.54, 1.807) is 0 Å². The standard InChI is InChI=1S/C73H47NO/c1-71(2)55-28-12-7-25-51(55)54-43-46(39-42-56(54)71)74(65-35-17-33-61-67(65)52-26-10-15-31-59(52)72(61)57-29-13-8-23-49(57)50-24-9-14-30-58(50)72)66-36-18-34-62-68(66)53-27-11-16-32-60(53)73(62)63-40-37-44-19-3-5-21-47(44)69(63)75-70-48-22-6-4-20-45(48)38-41-64(70)73/h3-43H,1-2H3. The summed E-state index contributed by atoms with van der Waals surface area (Å²) in [4.78, 5) is 2.63. The molecule has 0 unspecified atom stereocenters. The van der Waals surface area contributed by atoms with Crippen molar-refractivity contribution in [3.63, 3.8) is 0 Å². The largest absolute Gasteiger partial charge is 0.455 e.